The van der Waals surface area contributed by atoms with Crippen molar-refractivity contribution in [3.63, 3.8) is 0 Å². The van der Waals surface area contributed by atoms with Crippen molar-refractivity contribution in [1.29, 1.82) is 0 Å². The first-order valence-electron chi connectivity index (χ1n) is 8.86. The molecule has 0 aliphatic heterocycles. The summed E-state index contributed by atoms with van der Waals surface area (Å²) < 4.78 is 26.4. The second kappa shape index (κ2) is 9.53. The Morgan fingerprint density at radius 1 is 1.04 bits per heavy atom. The minimum atomic E-state index is -3.35. The van der Waals surface area contributed by atoms with Crippen LogP contribution in [0.5, 0.6) is 5.75 Å². The smallest absolute Gasteiger partial charge is 0.220 e. The highest BCUT2D eigenvalue weighted by Crippen LogP contribution is 2.17. The summed E-state index contributed by atoms with van der Waals surface area (Å²) in [6, 6.07) is 14.0. The van der Waals surface area contributed by atoms with Gasteiger partial charge in [0.1, 0.15) is 5.75 Å². The van der Waals surface area contributed by atoms with Crippen LogP contribution >= 0.6 is 0 Å². The van der Waals surface area contributed by atoms with Crippen LogP contribution in [0, 0.1) is 0 Å². The second-order valence-corrected chi connectivity index (χ2v) is 8.51. The summed E-state index contributed by atoms with van der Waals surface area (Å²) in [5.74, 6) is 0.0205. The number of aromatic hydroxyl groups is 1. The molecule has 2 aromatic carbocycles. The molecule has 6 nitrogen and oxygen atoms in total. The first-order chi connectivity index (χ1) is 12.7. The topological polar surface area (TPSA) is 95.5 Å². The number of aryl methyl sites for hydroxylation is 1. The molecule has 0 spiro atoms. The van der Waals surface area contributed by atoms with Gasteiger partial charge in [0.05, 0.1) is 5.75 Å². The number of carbonyl (C=O) groups is 1. The van der Waals surface area contributed by atoms with E-state index in [0.717, 1.165) is 11.1 Å². The summed E-state index contributed by atoms with van der Waals surface area (Å²) in [6.45, 7) is 3.93. The van der Waals surface area contributed by atoms with Crippen molar-refractivity contribution in [3.8, 4) is 5.75 Å². The van der Waals surface area contributed by atoms with Crippen LogP contribution in [0.1, 0.15) is 37.0 Å². The quantitative estimate of drug-likeness (QED) is 0.613. The number of hydrogen-bond donors (Lipinski definition) is 3. The monoisotopic (exact) mass is 390 g/mol. The molecular weight excluding hydrogens is 364 g/mol. The van der Waals surface area contributed by atoms with Gasteiger partial charge in [-0.15, -0.1) is 0 Å². The molecule has 3 N–H and O–H groups in total. The Hall–Kier alpha value is -2.38. The number of sulfonamides is 1. The number of phenolic OH excluding ortho intramolecular Hbond substituents is 1. The van der Waals surface area contributed by atoms with Crippen LogP contribution in [0.4, 0.5) is 0 Å². The molecule has 0 bridgehead atoms. The molecule has 1 amide bonds. The van der Waals surface area contributed by atoms with Crippen LogP contribution in [-0.4, -0.2) is 25.5 Å². The Labute approximate surface area is 160 Å². The average Bonchev–Trinajstić information content (AvgIpc) is 2.59. The van der Waals surface area contributed by atoms with Crippen LogP contribution in [-0.2, 0) is 33.5 Å². The summed E-state index contributed by atoms with van der Waals surface area (Å²) in [7, 11) is -3.35. The lowest BCUT2D eigenvalue weighted by Gasteiger charge is -2.10. The van der Waals surface area contributed by atoms with E-state index in [-0.39, 0.29) is 29.9 Å². The molecule has 0 saturated carbocycles. The minimum Gasteiger partial charge on any atom is -0.508 e. The van der Waals surface area contributed by atoms with E-state index in [4.69, 9.17) is 0 Å². The zero-order valence-electron chi connectivity index (χ0n) is 15.6. The number of carbonyl (C=O) groups excluding carboxylic acids is 1. The highest BCUT2D eigenvalue weighted by atomic mass is 32.2. The summed E-state index contributed by atoms with van der Waals surface area (Å²) >= 11 is 0. The largest absolute Gasteiger partial charge is 0.508 e. The third kappa shape index (κ3) is 7.40. The van der Waals surface area contributed by atoms with Crippen molar-refractivity contribution in [2.75, 3.05) is 0 Å². The first kappa shape index (κ1) is 20.9. The maximum atomic E-state index is 12.0. The van der Waals surface area contributed by atoms with Crippen LogP contribution in [0.15, 0.2) is 48.5 Å². The normalized spacial score (nSPS) is 11.5. The summed E-state index contributed by atoms with van der Waals surface area (Å²) in [6.07, 6.45) is 0.757. The predicted molar refractivity (Wildman–Crippen MR) is 106 cm³/mol. The minimum absolute atomic E-state index is 0.0710. The molecule has 0 heterocycles. The molecule has 0 aromatic heterocycles. The van der Waals surface area contributed by atoms with Crippen molar-refractivity contribution in [3.05, 3.63) is 65.2 Å². The SMILES string of the molecule is CC(C)NS(=O)(=O)Cc1ccc(CNC(=O)CCc2ccccc2O)cc1. The number of nitrogens with one attached hydrogen (secondary N) is 2. The Balaban J connectivity index is 1.81. The molecule has 0 radical (unpaired) electrons. The molecule has 0 aliphatic carbocycles. The third-order valence-electron chi connectivity index (χ3n) is 3.90. The van der Waals surface area contributed by atoms with Gasteiger partial charge in [-0.2, -0.15) is 0 Å². The highest BCUT2D eigenvalue weighted by molar-refractivity contribution is 7.88. The molecular formula is C20H26N2O4S. The Bertz CT molecular complexity index is 862. The van der Waals surface area contributed by atoms with Gasteiger partial charge >= 0.3 is 0 Å². The van der Waals surface area contributed by atoms with Gasteiger partial charge in [-0.25, -0.2) is 13.1 Å². The van der Waals surface area contributed by atoms with Gasteiger partial charge in [-0.05, 0) is 43.0 Å². The van der Waals surface area contributed by atoms with Crippen LogP contribution in [0.25, 0.3) is 0 Å². The molecule has 7 heteroatoms. The molecule has 0 fully saturated rings. The van der Waals surface area contributed by atoms with Crippen molar-refractivity contribution in [1.82, 2.24) is 10.0 Å². The molecule has 27 heavy (non-hydrogen) atoms. The molecule has 0 unspecified atom stereocenters. The van der Waals surface area contributed by atoms with Crippen molar-refractivity contribution >= 4 is 15.9 Å². The number of para-hydroxylation sites is 1. The van der Waals surface area contributed by atoms with E-state index < -0.39 is 10.0 Å². The van der Waals surface area contributed by atoms with Gasteiger partial charge in [0.15, 0.2) is 0 Å². The molecule has 2 rings (SSSR count). The number of rotatable bonds is 9. The lowest BCUT2D eigenvalue weighted by molar-refractivity contribution is -0.121. The highest BCUT2D eigenvalue weighted by Gasteiger charge is 2.13. The maximum Gasteiger partial charge on any atom is 0.220 e. The van der Waals surface area contributed by atoms with E-state index in [1.807, 2.05) is 18.2 Å². The van der Waals surface area contributed by atoms with Crippen molar-refractivity contribution in [2.24, 2.45) is 0 Å². The molecule has 0 aliphatic rings. The van der Waals surface area contributed by atoms with Crippen LogP contribution in [0.3, 0.4) is 0 Å². The van der Waals surface area contributed by atoms with Crippen LogP contribution in [0.2, 0.25) is 0 Å². The first-order valence-corrected chi connectivity index (χ1v) is 10.5. The van der Waals surface area contributed by atoms with E-state index in [1.165, 1.54) is 0 Å². The van der Waals surface area contributed by atoms with E-state index in [9.17, 15) is 18.3 Å². The molecule has 0 saturated heterocycles. The number of amides is 1. The van der Waals surface area contributed by atoms with E-state index in [2.05, 4.69) is 10.0 Å². The second-order valence-electron chi connectivity index (χ2n) is 6.75. The Morgan fingerprint density at radius 2 is 1.67 bits per heavy atom. The van der Waals surface area contributed by atoms with Crippen LogP contribution < -0.4 is 10.0 Å². The summed E-state index contributed by atoms with van der Waals surface area (Å²) in [5.41, 5.74) is 2.33. The Morgan fingerprint density at radius 3 is 2.30 bits per heavy atom. The average molecular weight is 391 g/mol. The van der Waals surface area contributed by atoms with E-state index in [0.29, 0.717) is 18.5 Å². The van der Waals surface area contributed by atoms with Gasteiger partial charge < -0.3 is 10.4 Å². The number of phenols is 1. The number of hydrogen-bond acceptors (Lipinski definition) is 4. The lowest BCUT2D eigenvalue weighted by atomic mass is 10.1. The molecule has 2 aromatic rings. The van der Waals surface area contributed by atoms with Gasteiger partial charge in [0.25, 0.3) is 0 Å². The lowest BCUT2D eigenvalue weighted by Crippen LogP contribution is -2.31. The number of benzene rings is 2. The van der Waals surface area contributed by atoms with E-state index >= 15 is 0 Å². The van der Waals surface area contributed by atoms with Gasteiger partial charge in [0.2, 0.25) is 15.9 Å². The van der Waals surface area contributed by atoms with Crippen molar-refractivity contribution < 1.29 is 18.3 Å². The summed E-state index contributed by atoms with van der Waals surface area (Å²) in [5, 5.41) is 12.5. The molecule has 0 atom stereocenters. The fraction of sp³-hybridized carbons (Fsp3) is 0.350. The third-order valence-corrected chi connectivity index (χ3v) is 5.44. The molecule has 146 valence electrons. The fourth-order valence-electron chi connectivity index (χ4n) is 2.63. The maximum absolute atomic E-state index is 12.0. The van der Waals surface area contributed by atoms with Gasteiger partial charge in [0, 0.05) is 19.0 Å². The van der Waals surface area contributed by atoms with Gasteiger partial charge in [-0.1, -0.05) is 42.5 Å². The predicted octanol–water partition coefficient (Wildman–Crippen LogP) is 2.47. The van der Waals surface area contributed by atoms with E-state index in [1.54, 1.807) is 44.2 Å². The Kier molecular flexibility index (Phi) is 7.38. The van der Waals surface area contributed by atoms with Crippen molar-refractivity contribution in [2.45, 2.75) is 45.0 Å². The summed E-state index contributed by atoms with van der Waals surface area (Å²) in [4.78, 5) is 12.0. The fourth-order valence-corrected chi connectivity index (χ4v) is 4.07. The standard InChI is InChI=1S/C20H26N2O4S/c1-15(2)22-27(25,26)14-17-9-7-16(8-10-17)13-21-20(24)12-11-18-5-3-4-6-19(18)23/h3-10,15,22-23H,11-14H2,1-2H3,(H,21,24). The van der Waals surface area contributed by atoms with Gasteiger partial charge in [-0.3, -0.25) is 4.79 Å². The zero-order chi connectivity index (χ0) is 19.9. The zero-order valence-corrected chi connectivity index (χ0v) is 16.4.